The molecule has 94 valence electrons. The van der Waals surface area contributed by atoms with Gasteiger partial charge in [-0.05, 0) is 30.5 Å². The van der Waals surface area contributed by atoms with E-state index in [1.54, 1.807) is 0 Å². The van der Waals surface area contributed by atoms with E-state index in [1.165, 1.54) is 6.07 Å². The predicted octanol–water partition coefficient (Wildman–Crippen LogP) is 1.40. The molecule has 1 aromatic rings. The molecule has 0 unspecified atom stereocenters. The van der Waals surface area contributed by atoms with Gasteiger partial charge < -0.3 is 10.4 Å². The smallest absolute Gasteiger partial charge is 0.220 e. The van der Waals surface area contributed by atoms with Gasteiger partial charge in [-0.15, -0.1) is 0 Å². The summed E-state index contributed by atoms with van der Waals surface area (Å²) in [4.78, 5) is 11.2. The second kappa shape index (κ2) is 6.96. The second-order valence-corrected chi connectivity index (χ2v) is 3.68. The highest BCUT2D eigenvalue weighted by Gasteiger charge is 2.03. The molecule has 0 atom stereocenters. The van der Waals surface area contributed by atoms with Gasteiger partial charge in [0.2, 0.25) is 5.91 Å². The molecule has 0 aliphatic rings. The minimum atomic E-state index is -0.880. The molecule has 0 fully saturated rings. The van der Waals surface area contributed by atoms with E-state index in [2.05, 4.69) is 5.32 Å². The van der Waals surface area contributed by atoms with Crippen molar-refractivity contribution in [1.82, 2.24) is 5.32 Å². The minimum Gasteiger partial charge on any atom is -0.396 e. The van der Waals surface area contributed by atoms with Crippen LogP contribution < -0.4 is 5.32 Å². The molecule has 0 heterocycles. The fourth-order valence-electron chi connectivity index (χ4n) is 1.37. The fraction of sp³-hybridized carbons (Fsp3) is 0.417. The van der Waals surface area contributed by atoms with Gasteiger partial charge in [0.25, 0.3) is 0 Å². The maximum Gasteiger partial charge on any atom is 0.220 e. The van der Waals surface area contributed by atoms with Gasteiger partial charge in [-0.2, -0.15) is 0 Å². The second-order valence-electron chi connectivity index (χ2n) is 3.68. The van der Waals surface area contributed by atoms with E-state index in [4.69, 9.17) is 5.11 Å². The first-order valence-corrected chi connectivity index (χ1v) is 5.45. The van der Waals surface area contributed by atoms with Crippen LogP contribution in [0.5, 0.6) is 0 Å². The van der Waals surface area contributed by atoms with Crippen LogP contribution >= 0.6 is 0 Å². The van der Waals surface area contributed by atoms with Crippen LogP contribution in [0.15, 0.2) is 18.2 Å². The number of amides is 1. The van der Waals surface area contributed by atoms with Gasteiger partial charge in [0.15, 0.2) is 11.6 Å². The highest BCUT2D eigenvalue weighted by molar-refractivity contribution is 5.75. The maximum atomic E-state index is 12.8. The number of halogens is 2. The van der Waals surface area contributed by atoms with Crippen molar-refractivity contribution in [2.45, 2.75) is 19.3 Å². The Morgan fingerprint density at radius 1 is 1.29 bits per heavy atom. The van der Waals surface area contributed by atoms with Gasteiger partial charge in [-0.25, -0.2) is 8.78 Å². The van der Waals surface area contributed by atoms with Gasteiger partial charge in [0, 0.05) is 19.6 Å². The van der Waals surface area contributed by atoms with E-state index in [1.807, 2.05) is 0 Å². The molecule has 17 heavy (non-hydrogen) atoms. The number of hydrogen-bond acceptors (Lipinski definition) is 2. The predicted molar refractivity (Wildman–Crippen MR) is 59.4 cm³/mol. The summed E-state index contributed by atoms with van der Waals surface area (Å²) < 4.78 is 25.5. The molecular weight excluding hydrogens is 228 g/mol. The van der Waals surface area contributed by atoms with Crippen molar-refractivity contribution in [2.75, 3.05) is 13.2 Å². The lowest BCUT2D eigenvalue weighted by Crippen LogP contribution is -2.25. The van der Waals surface area contributed by atoms with Crippen LogP contribution in [0.2, 0.25) is 0 Å². The van der Waals surface area contributed by atoms with Crippen molar-refractivity contribution in [3.8, 4) is 0 Å². The third kappa shape index (κ3) is 4.91. The van der Waals surface area contributed by atoms with E-state index in [0.717, 1.165) is 12.1 Å². The van der Waals surface area contributed by atoms with Crippen LogP contribution in [0, 0.1) is 11.6 Å². The Morgan fingerprint density at radius 2 is 2.06 bits per heavy atom. The van der Waals surface area contributed by atoms with Crippen molar-refractivity contribution in [3.05, 3.63) is 35.4 Å². The zero-order chi connectivity index (χ0) is 12.7. The summed E-state index contributed by atoms with van der Waals surface area (Å²) in [6.45, 7) is 0.353. The van der Waals surface area contributed by atoms with Crippen molar-refractivity contribution < 1.29 is 18.7 Å². The Morgan fingerprint density at radius 3 is 2.71 bits per heavy atom. The Hall–Kier alpha value is -1.49. The van der Waals surface area contributed by atoms with E-state index in [-0.39, 0.29) is 18.9 Å². The van der Waals surface area contributed by atoms with E-state index in [9.17, 15) is 13.6 Å². The molecule has 0 saturated carbocycles. The summed E-state index contributed by atoms with van der Waals surface area (Å²) in [7, 11) is 0. The Labute approximate surface area is 98.5 Å². The number of rotatable bonds is 6. The molecule has 3 nitrogen and oxygen atoms in total. The lowest BCUT2D eigenvalue weighted by atomic mass is 10.1. The van der Waals surface area contributed by atoms with Crippen LogP contribution in [0.1, 0.15) is 18.4 Å². The topological polar surface area (TPSA) is 49.3 Å². The molecule has 0 aliphatic carbocycles. The number of carbonyl (C=O) groups is 1. The molecule has 0 spiro atoms. The summed E-state index contributed by atoms with van der Waals surface area (Å²) >= 11 is 0. The molecule has 1 rings (SSSR count). The van der Waals surface area contributed by atoms with Gasteiger partial charge >= 0.3 is 0 Å². The monoisotopic (exact) mass is 243 g/mol. The maximum absolute atomic E-state index is 12.8. The Kier molecular flexibility index (Phi) is 5.56. The SMILES string of the molecule is O=C(CCCO)NCCc1ccc(F)c(F)c1. The molecule has 1 aromatic carbocycles. The lowest BCUT2D eigenvalue weighted by Gasteiger charge is -2.05. The first-order chi connectivity index (χ1) is 8.13. The molecule has 1 amide bonds. The molecule has 0 radical (unpaired) electrons. The van der Waals surface area contributed by atoms with Crippen molar-refractivity contribution >= 4 is 5.91 Å². The highest BCUT2D eigenvalue weighted by Crippen LogP contribution is 2.08. The van der Waals surface area contributed by atoms with Gasteiger partial charge in [0.1, 0.15) is 0 Å². The first kappa shape index (κ1) is 13.6. The normalized spacial score (nSPS) is 10.3. The number of hydrogen-bond donors (Lipinski definition) is 2. The summed E-state index contributed by atoms with van der Waals surface area (Å²) in [6, 6.07) is 3.67. The van der Waals surface area contributed by atoms with Crippen LogP contribution in [0.4, 0.5) is 8.78 Å². The summed E-state index contributed by atoms with van der Waals surface area (Å²) in [6.07, 6.45) is 1.15. The van der Waals surface area contributed by atoms with Crippen molar-refractivity contribution in [1.29, 1.82) is 0 Å². The number of aliphatic hydroxyl groups excluding tert-OH is 1. The summed E-state index contributed by atoms with van der Waals surface area (Å²) in [5.41, 5.74) is 0.631. The van der Waals surface area contributed by atoms with Crippen LogP contribution in [0.3, 0.4) is 0 Å². The van der Waals surface area contributed by atoms with Crippen molar-refractivity contribution in [3.63, 3.8) is 0 Å². The molecule has 0 bridgehead atoms. The van der Waals surface area contributed by atoms with E-state index in [0.29, 0.717) is 24.9 Å². The molecule has 0 saturated heterocycles. The van der Waals surface area contributed by atoms with Crippen LogP contribution in [-0.4, -0.2) is 24.2 Å². The first-order valence-electron chi connectivity index (χ1n) is 5.45. The Bertz CT molecular complexity index is 383. The molecule has 0 aromatic heterocycles. The zero-order valence-corrected chi connectivity index (χ0v) is 9.38. The number of aliphatic hydroxyl groups is 1. The number of benzene rings is 1. The fourth-order valence-corrected chi connectivity index (χ4v) is 1.37. The lowest BCUT2D eigenvalue weighted by molar-refractivity contribution is -0.121. The summed E-state index contributed by atoms with van der Waals surface area (Å²) in [5.74, 6) is -1.91. The highest BCUT2D eigenvalue weighted by atomic mass is 19.2. The van der Waals surface area contributed by atoms with E-state index < -0.39 is 11.6 Å². The van der Waals surface area contributed by atoms with Crippen LogP contribution in [-0.2, 0) is 11.2 Å². The third-order valence-electron chi connectivity index (χ3n) is 2.28. The zero-order valence-electron chi connectivity index (χ0n) is 9.38. The van der Waals surface area contributed by atoms with Crippen LogP contribution in [0.25, 0.3) is 0 Å². The van der Waals surface area contributed by atoms with Gasteiger partial charge in [-0.1, -0.05) is 6.07 Å². The largest absolute Gasteiger partial charge is 0.396 e. The number of nitrogens with one attached hydrogen (secondary N) is 1. The summed E-state index contributed by atoms with van der Waals surface area (Å²) in [5, 5.41) is 11.2. The molecule has 0 aliphatic heterocycles. The average molecular weight is 243 g/mol. The third-order valence-corrected chi connectivity index (χ3v) is 2.28. The standard InChI is InChI=1S/C12H15F2NO2/c13-10-4-3-9(8-11(10)14)5-6-15-12(17)2-1-7-16/h3-4,8,16H,1-2,5-7H2,(H,15,17). The van der Waals surface area contributed by atoms with Crippen molar-refractivity contribution in [2.24, 2.45) is 0 Å². The molecule has 2 N–H and O–H groups in total. The van der Waals surface area contributed by atoms with E-state index >= 15 is 0 Å². The number of carbonyl (C=O) groups excluding carboxylic acids is 1. The van der Waals surface area contributed by atoms with Gasteiger partial charge in [-0.3, -0.25) is 4.79 Å². The molecular formula is C12H15F2NO2. The van der Waals surface area contributed by atoms with Gasteiger partial charge in [0.05, 0.1) is 0 Å². The molecule has 5 heteroatoms. The minimum absolute atomic E-state index is 0.0173. The average Bonchev–Trinajstić information content (AvgIpc) is 2.31. The quantitative estimate of drug-likeness (QED) is 0.793. The Balaban J connectivity index is 2.30.